The van der Waals surface area contributed by atoms with Gasteiger partial charge in [-0.2, -0.15) is 0 Å². The molecule has 0 radical (unpaired) electrons. The van der Waals surface area contributed by atoms with E-state index >= 15 is 0 Å². The van der Waals surface area contributed by atoms with Crippen LogP contribution in [0.5, 0.6) is 0 Å². The van der Waals surface area contributed by atoms with Crippen molar-refractivity contribution in [3.63, 3.8) is 0 Å². The van der Waals surface area contributed by atoms with Crippen molar-refractivity contribution in [1.82, 2.24) is 4.90 Å². The second-order valence-electron chi connectivity index (χ2n) is 6.81. The van der Waals surface area contributed by atoms with E-state index in [-0.39, 0.29) is 29.4 Å². The third-order valence-corrected chi connectivity index (χ3v) is 5.63. The molecule has 1 saturated heterocycles. The van der Waals surface area contributed by atoms with Crippen LogP contribution in [0.3, 0.4) is 0 Å². The molecule has 1 fully saturated rings. The molecule has 1 aliphatic heterocycles. The topological polar surface area (TPSA) is 57.2 Å². The molecule has 0 N–H and O–H groups in total. The Hall–Kier alpha value is -0.210. The fraction of sp³-hybridized carbons (Fsp3) is 0.950. The number of hydrogen-bond acceptors (Lipinski definition) is 5. The highest BCUT2D eigenvalue weighted by Gasteiger charge is 2.30. The van der Waals surface area contributed by atoms with Gasteiger partial charge in [0.05, 0.1) is 24.1 Å². The average Bonchev–Trinajstić information content (AvgIpc) is 3.11. The quantitative estimate of drug-likeness (QED) is 0.213. The summed E-state index contributed by atoms with van der Waals surface area (Å²) in [7, 11) is 0. The van der Waals surface area contributed by atoms with Crippen LogP contribution in [0.1, 0.15) is 66.2 Å². The molecule has 7 heteroatoms. The normalized spacial score (nSPS) is 21.0. The Morgan fingerprint density at radius 2 is 1.89 bits per heavy atom. The second-order valence-corrected chi connectivity index (χ2v) is 7.91. The summed E-state index contributed by atoms with van der Waals surface area (Å²) in [6, 6.07) is 0. The van der Waals surface area contributed by atoms with Crippen LogP contribution in [0.15, 0.2) is 0 Å². The van der Waals surface area contributed by atoms with Crippen molar-refractivity contribution in [2.45, 2.75) is 89.7 Å². The molecule has 0 aromatic rings. The van der Waals surface area contributed by atoms with Gasteiger partial charge in [-0.15, -0.1) is 0 Å². The minimum absolute atomic E-state index is 0.0610. The molecule has 0 bridgehead atoms. The second kappa shape index (κ2) is 14.7. The van der Waals surface area contributed by atoms with Crippen LogP contribution in [0, 0.1) is 0 Å². The third kappa shape index (κ3) is 9.70. The molecule has 1 aliphatic rings. The van der Waals surface area contributed by atoms with E-state index in [9.17, 15) is 4.79 Å². The molecule has 1 rings (SSSR count). The molecule has 0 aromatic carbocycles. The van der Waals surface area contributed by atoms with Crippen LogP contribution in [-0.4, -0.2) is 67.2 Å². The molecule has 0 aliphatic carbocycles. The third-order valence-electron chi connectivity index (χ3n) is 4.59. The Balaban J connectivity index is 2.57. The van der Waals surface area contributed by atoms with Gasteiger partial charge in [0.2, 0.25) is 5.91 Å². The number of amides is 1. The van der Waals surface area contributed by atoms with Gasteiger partial charge in [-0.05, 0) is 26.7 Å². The smallest absolute Gasteiger partial charge is 0.236 e. The summed E-state index contributed by atoms with van der Waals surface area (Å²) in [4.78, 5) is 14.4. The standard InChI is InChI=1S/C20H38BrNO5/c1-5-9-10-11-16-15-26-19(27-16)14-22(20(23)17(21)6-2)13-12-18(24-7-3)25-8-4/h16-19H,5-15H2,1-4H3. The molecule has 0 spiro atoms. The van der Waals surface area contributed by atoms with Crippen molar-refractivity contribution >= 4 is 21.8 Å². The minimum atomic E-state index is -0.352. The van der Waals surface area contributed by atoms with Crippen molar-refractivity contribution in [2.75, 3.05) is 32.9 Å². The molecule has 27 heavy (non-hydrogen) atoms. The predicted molar refractivity (Wildman–Crippen MR) is 110 cm³/mol. The van der Waals surface area contributed by atoms with Gasteiger partial charge in [0.1, 0.15) is 0 Å². The lowest BCUT2D eigenvalue weighted by molar-refractivity contribution is -0.151. The highest BCUT2D eigenvalue weighted by atomic mass is 79.9. The van der Waals surface area contributed by atoms with E-state index in [1.807, 2.05) is 25.7 Å². The molecule has 0 aromatic heterocycles. The zero-order valence-corrected chi connectivity index (χ0v) is 19.0. The van der Waals surface area contributed by atoms with Gasteiger partial charge in [-0.25, -0.2) is 0 Å². The van der Waals surface area contributed by atoms with Gasteiger partial charge in [-0.3, -0.25) is 4.79 Å². The lowest BCUT2D eigenvalue weighted by atomic mass is 10.1. The summed E-state index contributed by atoms with van der Waals surface area (Å²) in [6.07, 6.45) is 5.45. The van der Waals surface area contributed by atoms with E-state index in [4.69, 9.17) is 18.9 Å². The Labute approximate surface area is 173 Å². The molecule has 6 nitrogen and oxygen atoms in total. The molecule has 3 unspecified atom stereocenters. The van der Waals surface area contributed by atoms with E-state index in [1.54, 1.807) is 0 Å². The van der Waals surface area contributed by atoms with Gasteiger partial charge < -0.3 is 23.8 Å². The lowest BCUT2D eigenvalue weighted by Crippen LogP contribution is -2.43. The van der Waals surface area contributed by atoms with E-state index in [0.717, 1.165) is 19.3 Å². The summed E-state index contributed by atoms with van der Waals surface area (Å²) >= 11 is 3.48. The van der Waals surface area contributed by atoms with Gasteiger partial charge in [0, 0.05) is 26.2 Å². The van der Waals surface area contributed by atoms with Crippen LogP contribution in [0.25, 0.3) is 0 Å². The van der Waals surface area contributed by atoms with E-state index < -0.39 is 0 Å². The molecular formula is C20H38BrNO5. The number of rotatable bonds is 15. The van der Waals surface area contributed by atoms with Crippen LogP contribution in [0.2, 0.25) is 0 Å². The maximum atomic E-state index is 12.8. The molecular weight excluding hydrogens is 414 g/mol. The summed E-state index contributed by atoms with van der Waals surface area (Å²) in [5, 5.41) is 0. The first-order valence-corrected chi connectivity index (χ1v) is 11.4. The highest BCUT2D eigenvalue weighted by molar-refractivity contribution is 9.10. The van der Waals surface area contributed by atoms with Crippen molar-refractivity contribution < 1.29 is 23.7 Å². The molecule has 0 saturated carbocycles. The van der Waals surface area contributed by atoms with Gasteiger partial charge >= 0.3 is 0 Å². The number of carbonyl (C=O) groups excluding carboxylic acids is 1. The maximum absolute atomic E-state index is 12.8. The number of halogens is 1. The Bertz CT molecular complexity index is 393. The summed E-state index contributed by atoms with van der Waals surface area (Å²) in [5.74, 6) is 0.0610. The summed E-state index contributed by atoms with van der Waals surface area (Å²) < 4.78 is 23.0. The van der Waals surface area contributed by atoms with Crippen molar-refractivity contribution in [3.8, 4) is 0 Å². The van der Waals surface area contributed by atoms with Gasteiger partial charge in [0.25, 0.3) is 0 Å². The molecule has 160 valence electrons. The van der Waals surface area contributed by atoms with E-state index in [0.29, 0.717) is 39.3 Å². The van der Waals surface area contributed by atoms with Crippen molar-refractivity contribution in [2.24, 2.45) is 0 Å². The summed E-state index contributed by atoms with van der Waals surface area (Å²) in [6.45, 7) is 10.9. The van der Waals surface area contributed by atoms with Crippen LogP contribution in [-0.2, 0) is 23.7 Å². The number of ether oxygens (including phenoxy) is 4. The largest absolute Gasteiger partial charge is 0.353 e. The molecule has 1 amide bonds. The lowest BCUT2D eigenvalue weighted by Gasteiger charge is -2.28. The SMILES string of the molecule is CCCCCC1COC(CN(CCC(OCC)OCC)C(=O)C(Br)CC)O1. The van der Waals surface area contributed by atoms with Gasteiger partial charge in [-0.1, -0.05) is 49.0 Å². The molecule has 3 atom stereocenters. The van der Waals surface area contributed by atoms with Gasteiger partial charge in [0.15, 0.2) is 12.6 Å². The van der Waals surface area contributed by atoms with E-state index in [1.165, 1.54) is 12.8 Å². The number of nitrogens with zero attached hydrogens (tertiary/aromatic N) is 1. The Morgan fingerprint density at radius 3 is 2.48 bits per heavy atom. The predicted octanol–water partition coefficient (Wildman–Crippen LogP) is 4.10. The Kier molecular flexibility index (Phi) is 13.6. The zero-order chi connectivity index (χ0) is 20.1. The highest BCUT2D eigenvalue weighted by Crippen LogP contribution is 2.20. The number of alkyl halides is 1. The van der Waals surface area contributed by atoms with E-state index in [2.05, 4.69) is 22.9 Å². The first kappa shape index (κ1) is 24.8. The fourth-order valence-corrected chi connectivity index (χ4v) is 3.36. The Morgan fingerprint density at radius 1 is 1.19 bits per heavy atom. The van der Waals surface area contributed by atoms with Crippen LogP contribution < -0.4 is 0 Å². The summed E-state index contributed by atoms with van der Waals surface area (Å²) in [5.41, 5.74) is 0. The number of unbranched alkanes of at least 4 members (excludes halogenated alkanes) is 2. The molecule has 1 heterocycles. The van der Waals surface area contributed by atoms with Crippen molar-refractivity contribution in [1.29, 1.82) is 0 Å². The van der Waals surface area contributed by atoms with Crippen molar-refractivity contribution in [3.05, 3.63) is 0 Å². The zero-order valence-electron chi connectivity index (χ0n) is 17.5. The fourth-order valence-electron chi connectivity index (χ4n) is 3.07. The maximum Gasteiger partial charge on any atom is 0.236 e. The first-order chi connectivity index (χ1) is 13.0. The first-order valence-electron chi connectivity index (χ1n) is 10.5. The minimum Gasteiger partial charge on any atom is -0.353 e. The van der Waals surface area contributed by atoms with Crippen LogP contribution >= 0.6 is 15.9 Å². The average molecular weight is 452 g/mol. The number of hydrogen-bond donors (Lipinski definition) is 0. The number of carbonyl (C=O) groups is 1. The monoisotopic (exact) mass is 451 g/mol. The van der Waals surface area contributed by atoms with Crippen LogP contribution in [0.4, 0.5) is 0 Å².